The van der Waals surface area contributed by atoms with Gasteiger partial charge in [-0.2, -0.15) is 0 Å². The summed E-state index contributed by atoms with van der Waals surface area (Å²) in [5.41, 5.74) is 1.63. The third-order valence-electron chi connectivity index (χ3n) is 4.03. The van der Waals surface area contributed by atoms with Gasteiger partial charge in [-0.05, 0) is 48.9 Å². The molecule has 0 amide bonds. The Morgan fingerprint density at radius 2 is 1.75 bits per heavy atom. The molecule has 0 spiro atoms. The molecule has 7 heteroatoms. The molecule has 0 fully saturated rings. The molecule has 0 unspecified atom stereocenters. The fraction of sp³-hybridized carbons (Fsp3) is 0.0952. The summed E-state index contributed by atoms with van der Waals surface area (Å²) >= 11 is 1.28. The number of rotatable bonds is 5. The van der Waals surface area contributed by atoms with Crippen LogP contribution in [0.5, 0.6) is 0 Å². The van der Waals surface area contributed by atoms with E-state index in [1.807, 2.05) is 30.3 Å². The van der Waals surface area contributed by atoms with Crippen LogP contribution in [0.4, 0.5) is 4.39 Å². The Hall–Kier alpha value is -3.32. The van der Waals surface area contributed by atoms with E-state index in [4.69, 9.17) is 9.15 Å². The van der Waals surface area contributed by atoms with E-state index in [-0.39, 0.29) is 11.7 Å². The SMILES string of the molecule is C[C@@H](OC(=O)c1ccc(-c2ccc(F)cc2)s1)c1nnc(-c2ccccc2)o1. The number of hydrogen-bond acceptors (Lipinski definition) is 6. The Morgan fingerprint density at radius 1 is 1.00 bits per heavy atom. The van der Waals surface area contributed by atoms with Gasteiger partial charge < -0.3 is 9.15 Å². The number of ether oxygens (including phenoxy) is 1. The van der Waals surface area contributed by atoms with Crippen LogP contribution in [0.25, 0.3) is 21.9 Å². The highest BCUT2D eigenvalue weighted by Crippen LogP contribution is 2.30. The molecule has 0 aliphatic heterocycles. The molecule has 0 saturated carbocycles. The van der Waals surface area contributed by atoms with E-state index in [1.165, 1.54) is 23.5 Å². The lowest BCUT2D eigenvalue weighted by atomic mass is 10.2. The Balaban J connectivity index is 1.45. The minimum absolute atomic E-state index is 0.225. The second-order valence-electron chi connectivity index (χ2n) is 6.03. The largest absolute Gasteiger partial charge is 0.448 e. The molecule has 4 aromatic rings. The van der Waals surface area contributed by atoms with Crippen molar-refractivity contribution in [1.29, 1.82) is 0 Å². The van der Waals surface area contributed by atoms with Gasteiger partial charge in [0, 0.05) is 10.4 Å². The molecule has 140 valence electrons. The molecule has 0 saturated heterocycles. The number of nitrogens with zero attached hydrogens (tertiary/aromatic N) is 2. The Kier molecular flexibility index (Phi) is 4.99. The van der Waals surface area contributed by atoms with Crippen molar-refractivity contribution in [3.8, 4) is 21.9 Å². The summed E-state index contributed by atoms with van der Waals surface area (Å²) in [6.07, 6.45) is -0.686. The monoisotopic (exact) mass is 394 g/mol. The summed E-state index contributed by atoms with van der Waals surface area (Å²) in [6.45, 7) is 1.68. The molecule has 0 bridgehead atoms. The van der Waals surface area contributed by atoms with Crippen LogP contribution in [0, 0.1) is 5.82 Å². The number of halogens is 1. The van der Waals surface area contributed by atoms with E-state index in [9.17, 15) is 9.18 Å². The van der Waals surface area contributed by atoms with Gasteiger partial charge in [0.2, 0.25) is 5.89 Å². The van der Waals surface area contributed by atoms with Gasteiger partial charge in [0.05, 0.1) is 0 Å². The molecular weight excluding hydrogens is 379 g/mol. The standard InChI is InChI=1S/C21H15FN2O3S/c1-13(19-23-24-20(27-19)15-5-3-2-4-6-15)26-21(25)18-12-11-17(28-18)14-7-9-16(22)10-8-14/h2-13H,1H3/t13-/m1/s1. The summed E-state index contributed by atoms with van der Waals surface area (Å²) in [4.78, 5) is 13.7. The minimum atomic E-state index is -0.686. The Morgan fingerprint density at radius 3 is 2.50 bits per heavy atom. The minimum Gasteiger partial charge on any atom is -0.448 e. The third-order valence-corrected chi connectivity index (χ3v) is 5.14. The van der Waals surface area contributed by atoms with E-state index in [2.05, 4.69) is 10.2 Å². The van der Waals surface area contributed by atoms with Crippen molar-refractivity contribution in [3.05, 3.63) is 83.3 Å². The van der Waals surface area contributed by atoms with Crippen LogP contribution in [-0.4, -0.2) is 16.2 Å². The highest BCUT2D eigenvalue weighted by molar-refractivity contribution is 7.17. The summed E-state index contributed by atoms with van der Waals surface area (Å²) in [5, 5.41) is 7.98. The van der Waals surface area contributed by atoms with E-state index >= 15 is 0 Å². The number of esters is 1. The van der Waals surface area contributed by atoms with Crippen molar-refractivity contribution in [1.82, 2.24) is 10.2 Å². The van der Waals surface area contributed by atoms with Crippen molar-refractivity contribution in [3.63, 3.8) is 0 Å². The molecule has 5 nitrogen and oxygen atoms in total. The van der Waals surface area contributed by atoms with Gasteiger partial charge in [0.15, 0.2) is 6.10 Å². The van der Waals surface area contributed by atoms with Crippen LogP contribution in [0.3, 0.4) is 0 Å². The highest BCUT2D eigenvalue weighted by Gasteiger charge is 2.21. The van der Waals surface area contributed by atoms with E-state index in [0.717, 1.165) is 16.0 Å². The maximum absolute atomic E-state index is 13.1. The summed E-state index contributed by atoms with van der Waals surface area (Å²) < 4.78 is 24.1. The molecule has 28 heavy (non-hydrogen) atoms. The van der Waals surface area contributed by atoms with Crippen molar-refractivity contribution >= 4 is 17.3 Å². The smallest absolute Gasteiger partial charge is 0.349 e. The fourth-order valence-corrected chi connectivity index (χ4v) is 3.48. The Labute approximate surface area is 164 Å². The quantitative estimate of drug-likeness (QED) is 0.417. The summed E-state index contributed by atoms with van der Waals surface area (Å²) in [6, 6.07) is 19.0. The molecule has 2 aromatic carbocycles. The molecule has 0 aliphatic rings. The van der Waals surface area contributed by atoms with Crippen LogP contribution in [0.15, 0.2) is 71.1 Å². The van der Waals surface area contributed by atoms with Gasteiger partial charge in [0.25, 0.3) is 5.89 Å². The van der Waals surface area contributed by atoms with Crippen LogP contribution < -0.4 is 0 Å². The molecule has 1 atom stereocenters. The van der Waals surface area contributed by atoms with Gasteiger partial charge >= 0.3 is 5.97 Å². The zero-order chi connectivity index (χ0) is 19.5. The number of aromatic nitrogens is 2. The van der Waals surface area contributed by atoms with Gasteiger partial charge in [0.1, 0.15) is 10.7 Å². The predicted molar refractivity (Wildman–Crippen MR) is 103 cm³/mol. The van der Waals surface area contributed by atoms with Crippen LogP contribution in [0.2, 0.25) is 0 Å². The first-order valence-corrected chi connectivity index (χ1v) is 9.37. The zero-order valence-electron chi connectivity index (χ0n) is 14.8. The first kappa shape index (κ1) is 18.1. The average molecular weight is 394 g/mol. The molecule has 2 aromatic heterocycles. The third kappa shape index (κ3) is 3.84. The van der Waals surface area contributed by atoms with Gasteiger partial charge in [-0.3, -0.25) is 0 Å². The lowest BCUT2D eigenvalue weighted by Crippen LogP contribution is -2.08. The van der Waals surface area contributed by atoms with E-state index in [0.29, 0.717) is 10.8 Å². The number of carbonyl (C=O) groups excluding carboxylic acids is 1. The predicted octanol–water partition coefficient (Wildman–Crippen LogP) is 5.52. The zero-order valence-corrected chi connectivity index (χ0v) is 15.7. The van der Waals surface area contributed by atoms with E-state index < -0.39 is 12.1 Å². The first-order chi connectivity index (χ1) is 13.6. The Bertz CT molecular complexity index is 1090. The van der Waals surface area contributed by atoms with Crippen molar-refractivity contribution < 1.29 is 18.3 Å². The second-order valence-corrected chi connectivity index (χ2v) is 7.11. The fourth-order valence-electron chi connectivity index (χ4n) is 2.58. The molecule has 0 N–H and O–H groups in total. The van der Waals surface area contributed by atoms with Crippen LogP contribution in [0.1, 0.15) is 28.6 Å². The highest BCUT2D eigenvalue weighted by atomic mass is 32.1. The topological polar surface area (TPSA) is 65.2 Å². The normalized spacial score (nSPS) is 11.9. The molecule has 0 radical (unpaired) electrons. The van der Waals surface area contributed by atoms with Crippen molar-refractivity contribution in [2.45, 2.75) is 13.0 Å². The van der Waals surface area contributed by atoms with E-state index in [1.54, 1.807) is 31.2 Å². The van der Waals surface area contributed by atoms with Crippen molar-refractivity contribution in [2.24, 2.45) is 0 Å². The average Bonchev–Trinajstić information content (AvgIpc) is 3.39. The maximum atomic E-state index is 13.1. The number of benzene rings is 2. The first-order valence-electron chi connectivity index (χ1n) is 8.56. The van der Waals surface area contributed by atoms with Gasteiger partial charge in [-0.25, -0.2) is 9.18 Å². The van der Waals surface area contributed by atoms with Crippen LogP contribution >= 0.6 is 11.3 Å². The van der Waals surface area contributed by atoms with Gasteiger partial charge in [-0.1, -0.05) is 30.3 Å². The number of thiophene rings is 1. The molecule has 4 rings (SSSR count). The number of carbonyl (C=O) groups is 1. The summed E-state index contributed by atoms with van der Waals surface area (Å²) in [5.74, 6) is -0.191. The second kappa shape index (κ2) is 7.74. The van der Waals surface area contributed by atoms with Crippen LogP contribution in [-0.2, 0) is 4.74 Å². The number of hydrogen-bond donors (Lipinski definition) is 0. The maximum Gasteiger partial charge on any atom is 0.349 e. The lowest BCUT2D eigenvalue weighted by molar-refractivity contribution is 0.0285. The molecular formula is C21H15FN2O3S. The molecule has 2 heterocycles. The molecule has 0 aliphatic carbocycles. The van der Waals surface area contributed by atoms with Gasteiger partial charge in [-0.15, -0.1) is 21.5 Å². The lowest BCUT2D eigenvalue weighted by Gasteiger charge is -2.07. The summed E-state index contributed by atoms with van der Waals surface area (Å²) in [7, 11) is 0. The van der Waals surface area contributed by atoms with Crippen molar-refractivity contribution in [2.75, 3.05) is 0 Å².